The monoisotopic (exact) mass is 407 g/mol. The number of halogens is 1. The maximum atomic E-state index is 12.4. The number of nitrogens with one attached hydrogen (secondary N) is 1. The number of amides is 2. The van der Waals surface area contributed by atoms with Crippen molar-refractivity contribution < 1.29 is 14.3 Å². The second kappa shape index (κ2) is 9.14. The van der Waals surface area contributed by atoms with Gasteiger partial charge in [0.05, 0.1) is 0 Å². The standard InChI is InChI=1S/C21H29N3O3.ClH/c22-16-11-14-3-1-4-15(12-16)21(14)23-19(25)13-27-18-8-6-17(7-9-18)24-10-2-5-20(24)26;/h6-9,14-16,21H,1-5,10-13,22H2,(H,23,25);1H. The first-order valence-corrected chi connectivity index (χ1v) is 10.2. The SMILES string of the molecule is Cl.NC1CC2CCCC(C1)C2NC(=O)COc1ccc(N2CCCC2=O)cc1. The molecular weight excluding hydrogens is 378 g/mol. The van der Waals surface area contributed by atoms with Crippen LogP contribution in [0.25, 0.3) is 0 Å². The first-order chi connectivity index (χ1) is 13.1. The van der Waals surface area contributed by atoms with Crippen LogP contribution >= 0.6 is 12.4 Å². The van der Waals surface area contributed by atoms with Crippen molar-refractivity contribution in [3.63, 3.8) is 0 Å². The van der Waals surface area contributed by atoms with Gasteiger partial charge in [-0.25, -0.2) is 0 Å². The molecule has 2 bridgehead atoms. The minimum atomic E-state index is -0.0637. The molecule has 7 heteroatoms. The highest BCUT2D eigenvalue weighted by Crippen LogP contribution is 2.39. The van der Waals surface area contributed by atoms with E-state index in [0.717, 1.165) is 44.3 Å². The Morgan fingerprint density at radius 2 is 1.82 bits per heavy atom. The van der Waals surface area contributed by atoms with E-state index in [2.05, 4.69) is 5.32 Å². The van der Waals surface area contributed by atoms with Crippen LogP contribution in [0, 0.1) is 11.8 Å². The van der Waals surface area contributed by atoms with E-state index in [1.54, 1.807) is 4.90 Å². The molecule has 1 heterocycles. The van der Waals surface area contributed by atoms with Gasteiger partial charge in [-0.05, 0) is 68.2 Å². The van der Waals surface area contributed by atoms with E-state index < -0.39 is 0 Å². The van der Waals surface area contributed by atoms with Crippen LogP contribution in [0.3, 0.4) is 0 Å². The summed E-state index contributed by atoms with van der Waals surface area (Å²) in [5, 5.41) is 3.20. The molecule has 28 heavy (non-hydrogen) atoms. The lowest BCUT2D eigenvalue weighted by Crippen LogP contribution is -2.54. The molecule has 154 valence electrons. The van der Waals surface area contributed by atoms with Crippen molar-refractivity contribution in [2.75, 3.05) is 18.1 Å². The number of nitrogens with two attached hydrogens (primary N) is 1. The van der Waals surface area contributed by atoms with Crippen molar-refractivity contribution in [3.8, 4) is 5.75 Å². The third kappa shape index (κ3) is 4.61. The van der Waals surface area contributed by atoms with Gasteiger partial charge in [-0.1, -0.05) is 6.42 Å². The normalized spacial score (nSPS) is 29.2. The summed E-state index contributed by atoms with van der Waals surface area (Å²) in [5.41, 5.74) is 7.05. The molecule has 1 aromatic rings. The summed E-state index contributed by atoms with van der Waals surface area (Å²) in [6.45, 7) is 0.790. The average molecular weight is 408 g/mol. The molecule has 0 spiro atoms. The fourth-order valence-electron chi connectivity index (χ4n) is 5.04. The number of ether oxygens (including phenoxy) is 1. The zero-order chi connectivity index (χ0) is 18.8. The number of nitrogens with zero attached hydrogens (tertiary/aromatic N) is 1. The summed E-state index contributed by atoms with van der Waals surface area (Å²) >= 11 is 0. The van der Waals surface area contributed by atoms with E-state index in [9.17, 15) is 9.59 Å². The third-order valence-electron chi connectivity index (χ3n) is 6.30. The Balaban J connectivity index is 0.00000225. The van der Waals surface area contributed by atoms with E-state index in [1.807, 2.05) is 24.3 Å². The number of carbonyl (C=O) groups is 2. The fourth-order valence-corrected chi connectivity index (χ4v) is 5.04. The van der Waals surface area contributed by atoms with Crippen LogP contribution in [0.4, 0.5) is 5.69 Å². The number of hydrogen-bond donors (Lipinski definition) is 2. The highest BCUT2D eigenvalue weighted by molar-refractivity contribution is 5.95. The van der Waals surface area contributed by atoms with E-state index >= 15 is 0 Å². The van der Waals surface area contributed by atoms with Crippen molar-refractivity contribution in [3.05, 3.63) is 24.3 Å². The van der Waals surface area contributed by atoms with Gasteiger partial charge in [0.25, 0.3) is 5.91 Å². The van der Waals surface area contributed by atoms with Crippen LogP contribution in [0.1, 0.15) is 44.9 Å². The minimum Gasteiger partial charge on any atom is -0.484 e. The molecule has 2 saturated carbocycles. The van der Waals surface area contributed by atoms with Gasteiger partial charge in [-0.2, -0.15) is 0 Å². The van der Waals surface area contributed by atoms with Crippen molar-refractivity contribution in [1.29, 1.82) is 0 Å². The smallest absolute Gasteiger partial charge is 0.258 e. The number of benzene rings is 1. The molecular formula is C21H30ClN3O3. The Labute approximate surface area is 172 Å². The van der Waals surface area contributed by atoms with E-state index in [4.69, 9.17) is 10.5 Å². The molecule has 6 nitrogen and oxygen atoms in total. The molecule has 0 radical (unpaired) electrons. The van der Waals surface area contributed by atoms with Gasteiger partial charge < -0.3 is 20.7 Å². The molecule has 2 aliphatic carbocycles. The van der Waals surface area contributed by atoms with Crippen molar-refractivity contribution in [2.45, 2.75) is 57.0 Å². The summed E-state index contributed by atoms with van der Waals surface area (Å²) in [5.74, 6) is 1.76. The second-order valence-electron chi connectivity index (χ2n) is 8.21. The maximum absolute atomic E-state index is 12.4. The summed E-state index contributed by atoms with van der Waals surface area (Å²) < 4.78 is 5.66. The molecule has 3 fully saturated rings. The summed E-state index contributed by atoms with van der Waals surface area (Å²) in [6.07, 6.45) is 7.12. The van der Waals surface area contributed by atoms with E-state index in [0.29, 0.717) is 24.0 Å². The van der Waals surface area contributed by atoms with E-state index in [1.165, 1.54) is 6.42 Å². The molecule has 1 aromatic carbocycles. The molecule has 1 aliphatic heterocycles. The Morgan fingerprint density at radius 3 is 2.43 bits per heavy atom. The largest absolute Gasteiger partial charge is 0.484 e. The Morgan fingerprint density at radius 1 is 1.14 bits per heavy atom. The minimum absolute atomic E-state index is 0. The van der Waals surface area contributed by atoms with Crippen molar-refractivity contribution >= 4 is 29.9 Å². The molecule has 2 unspecified atom stereocenters. The number of anilines is 1. The lowest BCUT2D eigenvalue weighted by molar-refractivity contribution is -0.125. The predicted molar refractivity (Wildman–Crippen MR) is 111 cm³/mol. The highest BCUT2D eigenvalue weighted by atomic mass is 35.5. The highest BCUT2D eigenvalue weighted by Gasteiger charge is 2.39. The van der Waals surface area contributed by atoms with Crippen molar-refractivity contribution in [1.82, 2.24) is 5.32 Å². The molecule has 0 aromatic heterocycles. The predicted octanol–water partition coefficient (Wildman–Crippen LogP) is 2.64. The molecule has 4 rings (SSSR count). The molecule has 2 amide bonds. The first kappa shape index (κ1) is 20.9. The summed E-state index contributed by atoms with van der Waals surface area (Å²) in [7, 11) is 0. The van der Waals surface area contributed by atoms with Gasteiger partial charge in [-0.3, -0.25) is 9.59 Å². The fraction of sp³-hybridized carbons (Fsp3) is 0.619. The Kier molecular flexibility index (Phi) is 6.83. The lowest BCUT2D eigenvalue weighted by Gasteiger charge is -2.45. The van der Waals surface area contributed by atoms with Crippen LogP contribution in [-0.4, -0.2) is 37.0 Å². The van der Waals surface area contributed by atoms with E-state index in [-0.39, 0.29) is 42.9 Å². The van der Waals surface area contributed by atoms with Gasteiger partial charge in [0.1, 0.15) is 5.75 Å². The zero-order valence-corrected chi connectivity index (χ0v) is 17.0. The topological polar surface area (TPSA) is 84.7 Å². The van der Waals surface area contributed by atoms with Gasteiger partial charge >= 0.3 is 0 Å². The second-order valence-corrected chi connectivity index (χ2v) is 8.21. The molecule has 1 saturated heterocycles. The molecule has 3 N–H and O–H groups in total. The van der Waals surface area contributed by atoms with Gasteiger partial charge in [-0.15, -0.1) is 12.4 Å². The van der Waals surface area contributed by atoms with Crippen LogP contribution < -0.4 is 20.7 Å². The van der Waals surface area contributed by atoms with Crippen LogP contribution in [0.2, 0.25) is 0 Å². The van der Waals surface area contributed by atoms with Crippen LogP contribution in [0.15, 0.2) is 24.3 Å². The number of hydrogen-bond acceptors (Lipinski definition) is 4. The van der Waals surface area contributed by atoms with Gasteiger partial charge in [0, 0.05) is 30.7 Å². The van der Waals surface area contributed by atoms with Gasteiger partial charge in [0.2, 0.25) is 5.91 Å². The maximum Gasteiger partial charge on any atom is 0.258 e. The quantitative estimate of drug-likeness (QED) is 0.785. The van der Waals surface area contributed by atoms with Crippen molar-refractivity contribution in [2.24, 2.45) is 17.6 Å². The number of fused-ring (bicyclic) bond motifs is 2. The molecule has 2 atom stereocenters. The van der Waals surface area contributed by atoms with Gasteiger partial charge in [0.15, 0.2) is 6.61 Å². The Bertz CT molecular complexity index is 683. The summed E-state index contributed by atoms with van der Waals surface area (Å²) in [6, 6.07) is 7.93. The Hall–Kier alpha value is -1.79. The third-order valence-corrected chi connectivity index (χ3v) is 6.30. The lowest BCUT2D eigenvalue weighted by atomic mass is 9.67. The number of carbonyl (C=O) groups excluding carboxylic acids is 2. The summed E-state index contributed by atoms with van der Waals surface area (Å²) in [4.78, 5) is 26.0. The first-order valence-electron chi connectivity index (χ1n) is 10.2. The zero-order valence-electron chi connectivity index (χ0n) is 16.1. The van der Waals surface area contributed by atoms with Crippen LogP contribution in [-0.2, 0) is 9.59 Å². The average Bonchev–Trinajstić information content (AvgIpc) is 3.07. The number of rotatable bonds is 5. The molecule has 3 aliphatic rings. The van der Waals surface area contributed by atoms with Crippen LogP contribution in [0.5, 0.6) is 5.75 Å².